The Bertz CT molecular complexity index is 193. The second-order valence-electron chi connectivity index (χ2n) is 2.05. The van der Waals surface area contributed by atoms with Crippen LogP contribution in [-0.4, -0.2) is 11.4 Å². The largest absolute Gasteiger partial charge is 0.405 e. The molecule has 0 aliphatic heterocycles. The lowest BCUT2D eigenvalue weighted by atomic mass is 10.6. The second kappa shape index (κ2) is 2.79. The fraction of sp³-hybridized carbons (Fsp3) is 0.333. The molecule has 1 N–H and O–H groups in total. The molecule has 0 spiro atoms. The van der Waals surface area contributed by atoms with Gasteiger partial charge in [-0.15, -0.1) is 5.48 Å². The predicted molar refractivity (Wildman–Crippen MR) is 37.1 cm³/mol. The Morgan fingerprint density at radius 1 is 1.64 bits per heavy atom. The van der Waals surface area contributed by atoms with Crippen LogP contribution in [0.15, 0.2) is 24.5 Å². The lowest BCUT2D eigenvalue weighted by molar-refractivity contribution is 0.00731. The van der Waals surface area contributed by atoms with E-state index in [1.807, 2.05) is 0 Å². The number of hydroxylamine groups is 1. The number of halogens is 3. The van der Waals surface area contributed by atoms with E-state index in [0.29, 0.717) is 0 Å². The minimum absolute atomic E-state index is 0.0641. The topological polar surface area (TPSA) is 21.3 Å². The number of hydrogen-bond acceptors (Lipinski definition) is 2. The van der Waals surface area contributed by atoms with Gasteiger partial charge in [0.25, 0.3) is 0 Å². The molecule has 0 aromatic rings. The quantitative estimate of drug-likeness (QED) is 0.309. The highest BCUT2D eigenvalue weighted by atomic mass is 35.5. The van der Waals surface area contributed by atoms with Crippen LogP contribution in [0.1, 0.15) is 0 Å². The van der Waals surface area contributed by atoms with Gasteiger partial charge in [-0.3, -0.25) is 0 Å². The van der Waals surface area contributed by atoms with E-state index in [9.17, 15) is 8.78 Å². The van der Waals surface area contributed by atoms with E-state index in [0.717, 1.165) is 0 Å². The maximum Gasteiger partial charge on any atom is 0.381 e. The first-order valence-electron chi connectivity index (χ1n) is 2.87. The molecule has 62 valence electrons. The standard InChI is InChI=1S/C6H6ClF2NO/c1-4(6(7,8)9)11-10-5-2-3-5/h2-3,5,10H,1H2. The summed E-state index contributed by atoms with van der Waals surface area (Å²) in [6.07, 6.45) is 3.47. The number of alkyl halides is 3. The van der Waals surface area contributed by atoms with Gasteiger partial charge in [0.15, 0.2) is 0 Å². The summed E-state index contributed by atoms with van der Waals surface area (Å²) in [7, 11) is 0. The number of nitrogens with one attached hydrogen (secondary N) is 1. The van der Waals surface area contributed by atoms with E-state index in [1.165, 1.54) is 0 Å². The normalized spacial score (nSPS) is 16.6. The predicted octanol–water partition coefficient (Wildman–Crippen LogP) is 1.79. The van der Waals surface area contributed by atoms with Crippen molar-refractivity contribution in [1.29, 1.82) is 0 Å². The summed E-state index contributed by atoms with van der Waals surface area (Å²) in [6.45, 7) is 2.93. The zero-order chi connectivity index (χ0) is 8.48. The van der Waals surface area contributed by atoms with Crippen LogP contribution < -0.4 is 5.48 Å². The molecule has 0 unspecified atom stereocenters. The van der Waals surface area contributed by atoms with E-state index >= 15 is 0 Å². The zero-order valence-corrected chi connectivity index (χ0v) is 6.24. The van der Waals surface area contributed by atoms with Crippen molar-refractivity contribution in [3.8, 4) is 0 Å². The molecule has 0 saturated heterocycles. The van der Waals surface area contributed by atoms with Crippen molar-refractivity contribution >= 4 is 11.6 Å². The Morgan fingerprint density at radius 3 is 2.55 bits per heavy atom. The zero-order valence-electron chi connectivity index (χ0n) is 5.48. The number of hydrogen-bond donors (Lipinski definition) is 1. The molecule has 1 aliphatic rings. The smallest absolute Gasteiger partial charge is 0.381 e. The van der Waals surface area contributed by atoms with Gasteiger partial charge in [0.1, 0.15) is 0 Å². The van der Waals surface area contributed by atoms with E-state index in [1.54, 1.807) is 12.2 Å². The Hall–Kier alpha value is -0.610. The molecular formula is C6H6ClF2NO. The van der Waals surface area contributed by atoms with E-state index < -0.39 is 11.1 Å². The van der Waals surface area contributed by atoms with E-state index in [-0.39, 0.29) is 6.04 Å². The summed E-state index contributed by atoms with van der Waals surface area (Å²) >= 11 is 4.57. The minimum Gasteiger partial charge on any atom is -0.405 e. The molecule has 0 radical (unpaired) electrons. The highest BCUT2D eigenvalue weighted by Crippen LogP contribution is 2.27. The van der Waals surface area contributed by atoms with Gasteiger partial charge in [0, 0.05) is 0 Å². The highest BCUT2D eigenvalue weighted by molar-refractivity contribution is 6.23. The van der Waals surface area contributed by atoms with E-state index in [2.05, 4.69) is 28.5 Å². The van der Waals surface area contributed by atoms with Crippen molar-refractivity contribution in [2.45, 2.75) is 11.4 Å². The second-order valence-corrected chi connectivity index (χ2v) is 2.53. The summed E-state index contributed by atoms with van der Waals surface area (Å²) in [5, 5.41) is -3.51. The number of allylic oxidation sites excluding steroid dienone is 1. The summed E-state index contributed by atoms with van der Waals surface area (Å²) < 4.78 is 24.1. The summed E-state index contributed by atoms with van der Waals surface area (Å²) in [5.74, 6) is -0.798. The average Bonchev–Trinajstić information content (AvgIpc) is 2.62. The summed E-state index contributed by atoms with van der Waals surface area (Å²) in [6, 6.07) is -0.0641. The fourth-order valence-corrected chi connectivity index (χ4v) is 0.370. The van der Waals surface area contributed by atoms with Crippen LogP contribution in [0, 0.1) is 0 Å². The first kappa shape index (κ1) is 8.49. The van der Waals surface area contributed by atoms with Gasteiger partial charge in [-0.2, -0.15) is 8.78 Å². The Labute approximate surface area is 67.4 Å². The SMILES string of the molecule is C=C(ONC1C=C1)C(F)(F)Cl. The van der Waals surface area contributed by atoms with Crippen molar-refractivity contribution in [2.75, 3.05) is 0 Å². The molecule has 5 heteroatoms. The van der Waals surface area contributed by atoms with Gasteiger partial charge in [0.2, 0.25) is 5.76 Å². The molecule has 0 aromatic carbocycles. The van der Waals surface area contributed by atoms with Crippen molar-refractivity contribution in [3.05, 3.63) is 24.5 Å². The molecule has 0 fully saturated rings. The van der Waals surface area contributed by atoms with Crippen molar-refractivity contribution in [2.24, 2.45) is 0 Å². The maximum atomic E-state index is 12.1. The minimum atomic E-state index is -3.51. The van der Waals surface area contributed by atoms with Gasteiger partial charge < -0.3 is 4.84 Å². The van der Waals surface area contributed by atoms with Crippen LogP contribution in [-0.2, 0) is 4.84 Å². The first-order chi connectivity index (χ1) is 5.00. The molecule has 0 saturated carbocycles. The first-order valence-corrected chi connectivity index (χ1v) is 3.25. The van der Waals surface area contributed by atoms with Crippen LogP contribution in [0.3, 0.4) is 0 Å². The summed E-state index contributed by atoms with van der Waals surface area (Å²) in [5.41, 5.74) is 2.29. The van der Waals surface area contributed by atoms with Gasteiger partial charge in [0.05, 0.1) is 6.04 Å². The third-order valence-electron chi connectivity index (χ3n) is 1.02. The Balaban J connectivity index is 2.19. The molecule has 0 bridgehead atoms. The van der Waals surface area contributed by atoms with Crippen molar-refractivity contribution in [3.63, 3.8) is 0 Å². The van der Waals surface area contributed by atoms with Gasteiger partial charge >= 0.3 is 5.38 Å². The van der Waals surface area contributed by atoms with Crippen LogP contribution in [0.25, 0.3) is 0 Å². The molecule has 0 atom stereocenters. The molecule has 1 rings (SSSR count). The molecule has 0 amide bonds. The molecule has 11 heavy (non-hydrogen) atoms. The van der Waals surface area contributed by atoms with Gasteiger partial charge in [-0.25, -0.2) is 0 Å². The third-order valence-corrected chi connectivity index (χ3v) is 1.23. The molecular weight excluding hydrogens is 176 g/mol. The fourth-order valence-electron chi connectivity index (χ4n) is 0.331. The highest BCUT2D eigenvalue weighted by Gasteiger charge is 2.32. The lowest BCUT2D eigenvalue weighted by Gasteiger charge is -2.12. The Kier molecular flexibility index (Phi) is 2.15. The Morgan fingerprint density at radius 2 is 2.18 bits per heavy atom. The monoisotopic (exact) mass is 181 g/mol. The molecule has 0 heterocycles. The molecule has 0 aromatic heterocycles. The maximum absolute atomic E-state index is 12.1. The van der Waals surface area contributed by atoms with Crippen molar-refractivity contribution in [1.82, 2.24) is 5.48 Å². The van der Waals surface area contributed by atoms with Crippen LogP contribution >= 0.6 is 11.6 Å². The van der Waals surface area contributed by atoms with Crippen LogP contribution in [0.5, 0.6) is 0 Å². The van der Waals surface area contributed by atoms with Crippen LogP contribution in [0.2, 0.25) is 0 Å². The van der Waals surface area contributed by atoms with Crippen molar-refractivity contribution < 1.29 is 13.6 Å². The third kappa shape index (κ3) is 2.86. The average molecular weight is 182 g/mol. The lowest BCUT2D eigenvalue weighted by Crippen LogP contribution is -2.23. The molecule has 2 nitrogen and oxygen atoms in total. The van der Waals surface area contributed by atoms with Gasteiger partial charge in [-0.1, -0.05) is 18.7 Å². The summed E-state index contributed by atoms with van der Waals surface area (Å²) in [4.78, 5) is 4.34. The van der Waals surface area contributed by atoms with Gasteiger partial charge in [-0.05, 0) is 11.6 Å². The van der Waals surface area contributed by atoms with E-state index in [4.69, 9.17) is 0 Å². The number of rotatable bonds is 4. The van der Waals surface area contributed by atoms with Crippen LogP contribution in [0.4, 0.5) is 8.78 Å². The molecule has 1 aliphatic carbocycles.